The maximum atomic E-state index is 11.4. The molecule has 0 unspecified atom stereocenters. The van der Waals surface area contributed by atoms with E-state index >= 15 is 0 Å². The van der Waals surface area contributed by atoms with Crippen LogP contribution in [0.2, 0.25) is 0 Å². The number of carbonyl (C=O) groups is 1. The van der Waals surface area contributed by atoms with E-state index in [0.29, 0.717) is 13.0 Å². The third kappa shape index (κ3) is 1.99. The Labute approximate surface area is 72.9 Å². The van der Waals surface area contributed by atoms with Gasteiger partial charge in [0, 0.05) is 19.5 Å². The Kier molecular flexibility index (Phi) is 3.12. The summed E-state index contributed by atoms with van der Waals surface area (Å²) in [4.78, 5) is 13.1. The number of nitrogens with zero attached hydrogens (tertiary/aromatic N) is 1. The number of hydrogen-bond donors (Lipinski definition) is 1. The van der Waals surface area contributed by atoms with Gasteiger partial charge in [0.25, 0.3) is 0 Å². The fourth-order valence-corrected chi connectivity index (χ4v) is 1.39. The summed E-state index contributed by atoms with van der Waals surface area (Å²) in [5.41, 5.74) is 5.60. The number of carbonyl (C=O) groups excluding carboxylic acids is 1. The third-order valence-electron chi connectivity index (χ3n) is 2.10. The Bertz CT molecular complexity index is 207. The van der Waals surface area contributed by atoms with E-state index in [1.807, 2.05) is 0 Å². The van der Waals surface area contributed by atoms with Crippen molar-refractivity contribution in [1.29, 1.82) is 0 Å². The molecule has 0 bridgehead atoms. The zero-order chi connectivity index (χ0) is 8.97. The number of amides is 1. The van der Waals surface area contributed by atoms with Crippen LogP contribution in [-0.4, -0.2) is 29.9 Å². The average Bonchev–Trinajstić information content (AvgIpc) is 2.08. The van der Waals surface area contributed by atoms with Gasteiger partial charge < -0.3 is 10.6 Å². The van der Waals surface area contributed by atoms with Crippen molar-refractivity contribution in [3.8, 4) is 12.3 Å². The lowest BCUT2D eigenvalue weighted by Gasteiger charge is -2.29. The maximum absolute atomic E-state index is 11.4. The number of rotatable bonds is 2. The van der Waals surface area contributed by atoms with Crippen molar-refractivity contribution in [2.45, 2.75) is 25.3 Å². The molecular formula is C9H14N2O. The second kappa shape index (κ2) is 4.13. The molecule has 1 aliphatic heterocycles. The van der Waals surface area contributed by atoms with Gasteiger partial charge in [-0.15, -0.1) is 12.3 Å². The van der Waals surface area contributed by atoms with Crippen LogP contribution in [0.4, 0.5) is 0 Å². The summed E-state index contributed by atoms with van der Waals surface area (Å²) in [6.07, 6.45) is 7.54. The molecule has 1 fully saturated rings. The van der Waals surface area contributed by atoms with E-state index < -0.39 is 0 Å². The largest absolute Gasteiger partial charge is 0.340 e. The zero-order valence-electron chi connectivity index (χ0n) is 7.12. The van der Waals surface area contributed by atoms with Gasteiger partial charge in [0.05, 0.1) is 6.04 Å². The molecule has 1 saturated heterocycles. The first-order valence-electron chi connectivity index (χ1n) is 4.23. The molecule has 2 N–H and O–H groups in total. The molecule has 66 valence electrons. The van der Waals surface area contributed by atoms with Crippen molar-refractivity contribution in [3.63, 3.8) is 0 Å². The normalized spacial score (nSPS) is 23.8. The summed E-state index contributed by atoms with van der Waals surface area (Å²) >= 11 is 0. The first-order chi connectivity index (χ1) is 5.75. The van der Waals surface area contributed by atoms with E-state index in [1.54, 1.807) is 4.90 Å². The van der Waals surface area contributed by atoms with Gasteiger partial charge in [-0.25, -0.2) is 0 Å². The Balaban J connectivity index is 2.42. The second-order valence-electron chi connectivity index (χ2n) is 3.03. The minimum atomic E-state index is -0.295. The predicted molar refractivity (Wildman–Crippen MR) is 47.2 cm³/mol. The number of piperidine rings is 1. The molecule has 1 aliphatic rings. The monoisotopic (exact) mass is 166 g/mol. The number of hydrogen-bond acceptors (Lipinski definition) is 2. The lowest BCUT2D eigenvalue weighted by Crippen LogP contribution is -2.48. The fourth-order valence-electron chi connectivity index (χ4n) is 1.39. The molecule has 1 heterocycles. The predicted octanol–water partition coefficient (Wildman–Crippen LogP) is -0.0406. The van der Waals surface area contributed by atoms with Gasteiger partial charge in [0.1, 0.15) is 0 Å². The molecule has 1 amide bonds. The zero-order valence-corrected chi connectivity index (χ0v) is 7.12. The fraction of sp³-hybridized carbons (Fsp3) is 0.667. The molecule has 3 nitrogen and oxygen atoms in total. The van der Waals surface area contributed by atoms with Crippen LogP contribution in [0.3, 0.4) is 0 Å². The van der Waals surface area contributed by atoms with Crippen molar-refractivity contribution in [2.24, 2.45) is 5.73 Å². The molecule has 0 aliphatic carbocycles. The van der Waals surface area contributed by atoms with Gasteiger partial charge >= 0.3 is 0 Å². The molecule has 0 aromatic carbocycles. The molecule has 0 saturated carbocycles. The van der Waals surface area contributed by atoms with E-state index in [4.69, 9.17) is 12.2 Å². The van der Waals surface area contributed by atoms with E-state index in [0.717, 1.165) is 19.4 Å². The van der Waals surface area contributed by atoms with Crippen LogP contribution in [0.25, 0.3) is 0 Å². The van der Waals surface area contributed by atoms with Gasteiger partial charge in [0.2, 0.25) is 5.91 Å². The van der Waals surface area contributed by atoms with Gasteiger partial charge in [-0.1, -0.05) is 0 Å². The molecular weight excluding hydrogens is 152 g/mol. The summed E-state index contributed by atoms with van der Waals surface area (Å²) in [7, 11) is 0. The van der Waals surface area contributed by atoms with Crippen molar-refractivity contribution in [1.82, 2.24) is 4.90 Å². The Hall–Kier alpha value is -1.01. The van der Waals surface area contributed by atoms with Gasteiger partial charge in [-0.05, 0) is 12.8 Å². The lowest BCUT2D eigenvalue weighted by molar-refractivity contribution is -0.134. The summed E-state index contributed by atoms with van der Waals surface area (Å²) < 4.78 is 0. The van der Waals surface area contributed by atoms with E-state index in [9.17, 15) is 4.79 Å². The van der Waals surface area contributed by atoms with Crippen LogP contribution in [-0.2, 0) is 4.79 Å². The van der Waals surface area contributed by atoms with Gasteiger partial charge in [0.15, 0.2) is 0 Å². The van der Waals surface area contributed by atoms with Crippen LogP contribution in [0, 0.1) is 12.3 Å². The van der Waals surface area contributed by atoms with E-state index in [-0.39, 0.29) is 11.9 Å². The highest BCUT2D eigenvalue weighted by molar-refractivity contribution is 5.82. The van der Waals surface area contributed by atoms with Crippen LogP contribution in [0.1, 0.15) is 19.3 Å². The summed E-state index contributed by atoms with van der Waals surface area (Å²) in [6, 6.07) is -0.295. The Morgan fingerprint density at radius 1 is 1.75 bits per heavy atom. The highest BCUT2D eigenvalue weighted by atomic mass is 16.2. The van der Waals surface area contributed by atoms with Crippen molar-refractivity contribution < 1.29 is 4.79 Å². The first kappa shape index (κ1) is 9.08. The third-order valence-corrected chi connectivity index (χ3v) is 2.10. The van der Waals surface area contributed by atoms with Crippen molar-refractivity contribution in [2.75, 3.05) is 13.1 Å². The lowest BCUT2D eigenvalue weighted by atomic mass is 10.1. The maximum Gasteiger partial charge on any atom is 0.239 e. The minimum absolute atomic E-state index is 0.0523. The summed E-state index contributed by atoms with van der Waals surface area (Å²) in [5, 5.41) is 0. The Morgan fingerprint density at radius 3 is 3.17 bits per heavy atom. The summed E-state index contributed by atoms with van der Waals surface area (Å²) in [6.45, 7) is 1.47. The second-order valence-corrected chi connectivity index (χ2v) is 3.03. The smallest absolute Gasteiger partial charge is 0.239 e. The topological polar surface area (TPSA) is 46.3 Å². The number of terminal acetylenes is 1. The Morgan fingerprint density at radius 2 is 2.50 bits per heavy atom. The first-order valence-corrected chi connectivity index (χ1v) is 4.23. The SMILES string of the molecule is C#CCCN1CCC[C@H](N)C1=O. The van der Waals surface area contributed by atoms with Crippen molar-refractivity contribution >= 4 is 5.91 Å². The standard InChI is InChI=1S/C9H14N2O/c1-2-3-6-11-7-4-5-8(10)9(11)12/h1,8H,3-7,10H2/t8-/m0/s1. The van der Waals surface area contributed by atoms with Gasteiger partial charge in [-0.2, -0.15) is 0 Å². The molecule has 0 aromatic rings. The number of nitrogens with two attached hydrogens (primary N) is 1. The molecule has 0 aromatic heterocycles. The van der Waals surface area contributed by atoms with Gasteiger partial charge in [-0.3, -0.25) is 4.79 Å². The van der Waals surface area contributed by atoms with E-state index in [1.165, 1.54) is 0 Å². The van der Waals surface area contributed by atoms with Crippen LogP contribution in [0.5, 0.6) is 0 Å². The van der Waals surface area contributed by atoms with Crippen LogP contribution in [0.15, 0.2) is 0 Å². The van der Waals surface area contributed by atoms with Crippen LogP contribution >= 0.6 is 0 Å². The molecule has 0 spiro atoms. The summed E-state index contributed by atoms with van der Waals surface area (Å²) in [5.74, 6) is 2.57. The minimum Gasteiger partial charge on any atom is -0.340 e. The molecule has 1 rings (SSSR count). The molecule has 0 radical (unpaired) electrons. The van der Waals surface area contributed by atoms with E-state index in [2.05, 4.69) is 5.92 Å². The molecule has 12 heavy (non-hydrogen) atoms. The average molecular weight is 166 g/mol. The number of likely N-dealkylation sites (tertiary alicyclic amines) is 1. The molecule has 1 atom stereocenters. The highest BCUT2D eigenvalue weighted by Crippen LogP contribution is 2.09. The highest BCUT2D eigenvalue weighted by Gasteiger charge is 2.24. The van der Waals surface area contributed by atoms with Crippen LogP contribution < -0.4 is 5.73 Å². The quantitative estimate of drug-likeness (QED) is 0.585. The van der Waals surface area contributed by atoms with Crippen molar-refractivity contribution in [3.05, 3.63) is 0 Å². The molecule has 3 heteroatoms.